The molecule has 1 aliphatic rings. The predicted molar refractivity (Wildman–Crippen MR) is 84.9 cm³/mol. The van der Waals surface area contributed by atoms with Gasteiger partial charge in [-0.2, -0.15) is 0 Å². The zero-order chi connectivity index (χ0) is 17.4. The summed E-state index contributed by atoms with van der Waals surface area (Å²) >= 11 is 0. The fourth-order valence-electron chi connectivity index (χ4n) is 2.93. The maximum absolute atomic E-state index is 11.9. The highest BCUT2D eigenvalue weighted by molar-refractivity contribution is 5.98. The maximum Gasteiger partial charge on any atom is 0.312 e. The molecule has 24 heavy (non-hydrogen) atoms. The normalized spacial score (nSPS) is 16.2. The molecule has 2 aromatic rings. The second-order valence-electron chi connectivity index (χ2n) is 5.59. The summed E-state index contributed by atoms with van der Waals surface area (Å²) in [6, 6.07) is 7.64. The van der Waals surface area contributed by atoms with Gasteiger partial charge < -0.3 is 19.7 Å². The van der Waals surface area contributed by atoms with E-state index in [0.717, 1.165) is 0 Å². The van der Waals surface area contributed by atoms with E-state index >= 15 is 0 Å². The van der Waals surface area contributed by atoms with E-state index in [-0.39, 0.29) is 40.8 Å². The summed E-state index contributed by atoms with van der Waals surface area (Å²) < 4.78 is 10.3. The van der Waals surface area contributed by atoms with Gasteiger partial charge in [0.15, 0.2) is 17.3 Å². The number of methoxy groups -OCH3 is 1. The lowest BCUT2D eigenvalue weighted by atomic mass is 9.84. The second-order valence-corrected chi connectivity index (χ2v) is 5.59. The van der Waals surface area contributed by atoms with Crippen LogP contribution in [-0.2, 0) is 4.79 Å². The van der Waals surface area contributed by atoms with Gasteiger partial charge >= 0.3 is 5.97 Å². The lowest BCUT2D eigenvalue weighted by Crippen LogP contribution is -2.21. The van der Waals surface area contributed by atoms with Crippen LogP contribution in [0.15, 0.2) is 30.3 Å². The van der Waals surface area contributed by atoms with Crippen molar-refractivity contribution < 1.29 is 29.3 Å². The first-order chi connectivity index (χ1) is 11.4. The minimum atomic E-state index is -0.505. The third-order valence-corrected chi connectivity index (χ3v) is 4.11. The van der Waals surface area contributed by atoms with Crippen molar-refractivity contribution in [3.63, 3.8) is 0 Å². The van der Waals surface area contributed by atoms with E-state index in [9.17, 15) is 19.8 Å². The number of aromatic hydroxyl groups is 2. The van der Waals surface area contributed by atoms with Gasteiger partial charge in [0.25, 0.3) is 0 Å². The van der Waals surface area contributed by atoms with Gasteiger partial charge in [0.2, 0.25) is 0 Å². The van der Waals surface area contributed by atoms with E-state index in [1.165, 1.54) is 32.2 Å². The number of ether oxygens (including phenoxy) is 2. The number of hydrogen-bond donors (Lipinski definition) is 2. The molecule has 0 aliphatic carbocycles. The fourth-order valence-corrected chi connectivity index (χ4v) is 2.93. The van der Waals surface area contributed by atoms with Crippen LogP contribution < -0.4 is 9.47 Å². The zero-order valence-electron chi connectivity index (χ0n) is 13.2. The smallest absolute Gasteiger partial charge is 0.312 e. The minimum Gasteiger partial charge on any atom is -0.507 e. The average Bonchev–Trinajstić information content (AvgIpc) is 2.54. The molecule has 0 saturated heterocycles. The largest absolute Gasteiger partial charge is 0.507 e. The van der Waals surface area contributed by atoms with E-state index < -0.39 is 11.9 Å². The Morgan fingerprint density at radius 2 is 2.00 bits per heavy atom. The third kappa shape index (κ3) is 2.56. The quantitative estimate of drug-likeness (QED) is 0.511. The lowest BCUT2D eigenvalue weighted by molar-refractivity contribution is -0.135. The molecule has 0 aromatic heterocycles. The number of Topliss-reactive ketones (excluding diaryl/α,β-unsaturated/α-hetero) is 1. The van der Waals surface area contributed by atoms with Crippen molar-refractivity contribution in [2.24, 2.45) is 0 Å². The van der Waals surface area contributed by atoms with Crippen molar-refractivity contribution in [3.05, 3.63) is 47.0 Å². The summed E-state index contributed by atoms with van der Waals surface area (Å²) in [5.74, 6) is -0.953. The fraction of sp³-hybridized carbons (Fsp3) is 0.222. The Labute approximate surface area is 138 Å². The number of benzene rings is 2. The SMILES string of the molecule is COc1cc(C2CC(=O)Oc3ccc(C(C)=O)c(O)c32)ccc1O. The van der Waals surface area contributed by atoms with Gasteiger partial charge in [-0.05, 0) is 36.8 Å². The van der Waals surface area contributed by atoms with Gasteiger partial charge in [-0.3, -0.25) is 9.59 Å². The van der Waals surface area contributed by atoms with Gasteiger partial charge in [-0.25, -0.2) is 0 Å². The average molecular weight is 328 g/mol. The van der Waals surface area contributed by atoms with Crippen LogP contribution in [0, 0.1) is 0 Å². The van der Waals surface area contributed by atoms with Crippen LogP contribution in [0.25, 0.3) is 0 Å². The number of ketones is 1. The third-order valence-electron chi connectivity index (χ3n) is 4.11. The van der Waals surface area contributed by atoms with Gasteiger partial charge in [0.05, 0.1) is 19.1 Å². The summed E-state index contributed by atoms with van der Waals surface area (Å²) in [5, 5.41) is 20.3. The second kappa shape index (κ2) is 5.88. The number of phenolic OH excluding ortho intramolecular Hbond substituents is 2. The number of phenols is 2. The van der Waals surface area contributed by atoms with Crippen molar-refractivity contribution in [3.8, 4) is 23.0 Å². The minimum absolute atomic E-state index is 0.00977. The zero-order valence-corrected chi connectivity index (χ0v) is 13.2. The van der Waals surface area contributed by atoms with Gasteiger partial charge in [-0.1, -0.05) is 6.07 Å². The molecule has 2 aromatic carbocycles. The Bertz CT molecular complexity index is 840. The number of fused-ring (bicyclic) bond motifs is 1. The van der Waals surface area contributed by atoms with Crippen LogP contribution in [0.5, 0.6) is 23.0 Å². The van der Waals surface area contributed by atoms with Crippen LogP contribution in [0.4, 0.5) is 0 Å². The van der Waals surface area contributed by atoms with Crippen LogP contribution in [0.2, 0.25) is 0 Å². The van der Waals surface area contributed by atoms with Crippen LogP contribution in [0.3, 0.4) is 0 Å². The van der Waals surface area contributed by atoms with Crippen molar-refractivity contribution in [1.29, 1.82) is 0 Å². The molecule has 6 nitrogen and oxygen atoms in total. The van der Waals surface area contributed by atoms with Crippen LogP contribution in [0.1, 0.15) is 40.7 Å². The molecule has 124 valence electrons. The monoisotopic (exact) mass is 328 g/mol. The molecule has 1 unspecified atom stereocenters. The van der Waals surface area contributed by atoms with E-state index in [0.29, 0.717) is 11.1 Å². The number of hydrogen-bond acceptors (Lipinski definition) is 6. The summed E-state index contributed by atoms with van der Waals surface area (Å²) in [6.45, 7) is 1.36. The molecular weight excluding hydrogens is 312 g/mol. The molecule has 0 saturated carbocycles. The summed E-state index contributed by atoms with van der Waals surface area (Å²) in [7, 11) is 1.42. The van der Waals surface area contributed by atoms with E-state index in [2.05, 4.69) is 0 Å². The van der Waals surface area contributed by atoms with E-state index in [1.807, 2.05) is 0 Å². The first-order valence-corrected chi connectivity index (χ1v) is 7.36. The first kappa shape index (κ1) is 15.9. The number of carbonyl (C=O) groups is 2. The highest BCUT2D eigenvalue weighted by Crippen LogP contribution is 2.46. The van der Waals surface area contributed by atoms with Gasteiger partial charge in [-0.15, -0.1) is 0 Å². The summed E-state index contributed by atoms with van der Waals surface area (Å²) in [4.78, 5) is 23.6. The highest BCUT2D eigenvalue weighted by Gasteiger charge is 2.33. The number of rotatable bonds is 3. The molecule has 1 atom stereocenters. The summed E-state index contributed by atoms with van der Waals surface area (Å²) in [5.41, 5.74) is 1.22. The topological polar surface area (TPSA) is 93.1 Å². The Morgan fingerprint density at radius 1 is 1.25 bits per heavy atom. The van der Waals surface area contributed by atoms with Crippen molar-refractivity contribution in [2.75, 3.05) is 7.11 Å². The van der Waals surface area contributed by atoms with Gasteiger partial charge in [0.1, 0.15) is 11.5 Å². The molecule has 0 bridgehead atoms. The van der Waals surface area contributed by atoms with E-state index in [1.54, 1.807) is 12.1 Å². The molecule has 1 heterocycles. The standard InChI is InChI=1S/C18H16O6/c1-9(19)11-4-6-14-17(18(11)22)12(8-16(21)24-14)10-3-5-13(20)15(7-10)23-2/h3-7,12,20,22H,8H2,1-2H3. The van der Waals surface area contributed by atoms with E-state index in [4.69, 9.17) is 9.47 Å². The molecule has 0 spiro atoms. The molecule has 0 fully saturated rings. The molecular formula is C18H16O6. The molecule has 1 aliphatic heterocycles. The number of carbonyl (C=O) groups excluding carboxylic acids is 2. The number of esters is 1. The Kier molecular flexibility index (Phi) is 3.89. The van der Waals surface area contributed by atoms with Crippen molar-refractivity contribution >= 4 is 11.8 Å². The Balaban J connectivity index is 2.19. The summed E-state index contributed by atoms with van der Waals surface area (Å²) in [6.07, 6.45) is 0.00977. The van der Waals surface area contributed by atoms with Crippen molar-refractivity contribution in [1.82, 2.24) is 0 Å². The molecule has 0 amide bonds. The van der Waals surface area contributed by atoms with Crippen LogP contribution in [-0.4, -0.2) is 29.1 Å². The Hall–Kier alpha value is -3.02. The van der Waals surface area contributed by atoms with Crippen LogP contribution >= 0.6 is 0 Å². The maximum atomic E-state index is 11.9. The molecule has 2 N–H and O–H groups in total. The molecule has 6 heteroatoms. The predicted octanol–water partition coefficient (Wildman–Crippen LogP) is 2.75. The Morgan fingerprint density at radius 3 is 2.67 bits per heavy atom. The highest BCUT2D eigenvalue weighted by atomic mass is 16.5. The lowest BCUT2D eigenvalue weighted by Gasteiger charge is -2.26. The van der Waals surface area contributed by atoms with Gasteiger partial charge in [0, 0.05) is 11.5 Å². The first-order valence-electron chi connectivity index (χ1n) is 7.36. The molecule has 3 rings (SSSR count). The van der Waals surface area contributed by atoms with Crippen molar-refractivity contribution in [2.45, 2.75) is 19.3 Å². The molecule has 0 radical (unpaired) electrons.